The number of Topliss-reactive ketones (excluding diaryl/α,β-unsaturated/α-hetero) is 1. The lowest BCUT2D eigenvalue weighted by Gasteiger charge is -2.34. The molecule has 1 aromatic rings. The Morgan fingerprint density at radius 1 is 1.24 bits per heavy atom. The summed E-state index contributed by atoms with van der Waals surface area (Å²) in [5.74, 6) is -1.77. The van der Waals surface area contributed by atoms with Gasteiger partial charge in [-0.1, -0.05) is 51.5 Å². The molecule has 0 amide bonds. The highest BCUT2D eigenvalue weighted by Gasteiger charge is 2.42. The van der Waals surface area contributed by atoms with Gasteiger partial charge < -0.3 is 14.9 Å². The minimum absolute atomic E-state index is 0.225. The van der Waals surface area contributed by atoms with Crippen molar-refractivity contribution >= 4 is 29.2 Å². The van der Waals surface area contributed by atoms with Gasteiger partial charge >= 0.3 is 5.97 Å². The summed E-state index contributed by atoms with van der Waals surface area (Å²) in [6, 6.07) is 0. The molecule has 6 nitrogen and oxygen atoms in total. The minimum Gasteiger partial charge on any atom is -0.457 e. The van der Waals surface area contributed by atoms with Crippen molar-refractivity contribution < 1.29 is 24.5 Å². The van der Waals surface area contributed by atoms with Crippen LogP contribution < -0.4 is 0 Å². The number of carbonyl (C=O) groups is 2. The van der Waals surface area contributed by atoms with E-state index in [0.717, 1.165) is 21.8 Å². The van der Waals surface area contributed by atoms with E-state index < -0.39 is 35.6 Å². The molecule has 0 spiro atoms. The minimum atomic E-state index is -1.23. The molecule has 2 rings (SSSR count). The highest BCUT2D eigenvalue weighted by Crippen LogP contribution is 2.31. The molecule has 0 aromatic carbocycles. The van der Waals surface area contributed by atoms with Crippen molar-refractivity contribution in [3.8, 4) is 0 Å². The molecule has 1 aliphatic heterocycles. The van der Waals surface area contributed by atoms with Crippen LogP contribution in [0.2, 0.25) is 0 Å². The van der Waals surface area contributed by atoms with Gasteiger partial charge in [-0.2, -0.15) is 0 Å². The summed E-state index contributed by atoms with van der Waals surface area (Å²) in [7, 11) is 0. The molecular formula is C27H39NO5S. The van der Waals surface area contributed by atoms with Crippen LogP contribution in [0.3, 0.4) is 0 Å². The number of nitrogens with zero attached hydrogens (tertiary/aromatic N) is 1. The maximum Gasteiger partial charge on any atom is 0.309 e. The van der Waals surface area contributed by atoms with Crippen molar-refractivity contribution in [1.82, 2.24) is 4.98 Å². The Kier molecular flexibility index (Phi) is 9.97. The lowest BCUT2D eigenvalue weighted by Crippen LogP contribution is -2.45. The Balaban J connectivity index is 2.37. The first-order valence-electron chi connectivity index (χ1n) is 11.9. The summed E-state index contributed by atoms with van der Waals surface area (Å²) in [5, 5.41) is 24.4. The SMILES string of the molecule is CC1=CC[C@@H](C(C)=Cc2csc(C)n2)OC(=O)C[C@H](O)C(C)(C)C(=O)[C@H](C)C(O)[C@@H](C)C=CC1. The van der Waals surface area contributed by atoms with Crippen LogP contribution in [-0.2, 0) is 14.3 Å². The number of rotatable bonds is 2. The first-order valence-corrected chi connectivity index (χ1v) is 12.7. The number of carbonyl (C=O) groups excluding carboxylic acids is 2. The number of ketones is 1. The normalized spacial score (nSPS) is 30.1. The van der Waals surface area contributed by atoms with Gasteiger partial charge in [-0.3, -0.25) is 9.59 Å². The van der Waals surface area contributed by atoms with Gasteiger partial charge in [0.15, 0.2) is 0 Å². The molecular weight excluding hydrogens is 450 g/mol. The molecule has 7 heteroatoms. The smallest absolute Gasteiger partial charge is 0.309 e. The van der Waals surface area contributed by atoms with Crippen LogP contribution in [0, 0.1) is 24.2 Å². The standard InChI is InChI=1S/C27H39NO5S/c1-16-9-8-10-17(2)25(31)19(4)26(32)27(6,7)23(29)14-24(30)33-22(12-11-16)18(3)13-21-15-34-20(5)28-21/h8,10-11,13,15,17,19,22-23,25,29,31H,9,12,14H2,1-7H3/t17-,19+,22-,23-,25?/m0/s1. The van der Waals surface area contributed by atoms with Crippen LogP contribution >= 0.6 is 11.3 Å². The van der Waals surface area contributed by atoms with Crippen molar-refractivity contribution in [3.05, 3.63) is 45.5 Å². The molecule has 1 aliphatic rings. The van der Waals surface area contributed by atoms with Gasteiger partial charge in [-0.05, 0) is 38.8 Å². The van der Waals surface area contributed by atoms with E-state index in [1.807, 2.05) is 57.4 Å². The summed E-state index contributed by atoms with van der Waals surface area (Å²) >= 11 is 1.56. The summed E-state index contributed by atoms with van der Waals surface area (Å²) in [5.41, 5.74) is 1.57. The molecule has 0 saturated heterocycles. The van der Waals surface area contributed by atoms with Crippen molar-refractivity contribution in [2.75, 3.05) is 0 Å². The van der Waals surface area contributed by atoms with Gasteiger partial charge in [0.25, 0.3) is 0 Å². The van der Waals surface area contributed by atoms with Gasteiger partial charge in [0.1, 0.15) is 11.9 Å². The fourth-order valence-corrected chi connectivity index (χ4v) is 4.62. The van der Waals surface area contributed by atoms with Crippen LogP contribution in [0.25, 0.3) is 6.08 Å². The number of hydrogen-bond donors (Lipinski definition) is 2. The molecule has 2 N–H and O–H groups in total. The second kappa shape index (κ2) is 12.0. The van der Waals surface area contributed by atoms with Gasteiger partial charge in [0.05, 0.1) is 34.7 Å². The third kappa shape index (κ3) is 7.45. The Labute approximate surface area is 207 Å². The average Bonchev–Trinajstić information content (AvgIpc) is 3.18. The maximum absolute atomic E-state index is 13.1. The van der Waals surface area contributed by atoms with E-state index in [-0.39, 0.29) is 18.1 Å². The number of aliphatic hydroxyl groups is 2. The van der Waals surface area contributed by atoms with Crippen LogP contribution in [0.5, 0.6) is 0 Å². The summed E-state index contributed by atoms with van der Waals surface area (Å²) in [6.45, 7) is 12.6. The Morgan fingerprint density at radius 2 is 1.91 bits per heavy atom. The van der Waals surface area contributed by atoms with E-state index in [4.69, 9.17) is 4.74 Å². The first kappa shape index (κ1) is 28.1. The van der Waals surface area contributed by atoms with Crippen molar-refractivity contribution in [3.63, 3.8) is 0 Å². The van der Waals surface area contributed by atoms with Gasteiger partial charge in [-0.25, -0.2) is 4.98 Å². The van der Waals surface area contributed by atoms with E-state index in [1.54, 1.807) is 32.1 Å². The predicted octanol–water partition coefficient (Wildman–Crippen LogP) is 5.04. The fourth-order valence-electron chi connectivity index (χ4n) is 4.05. The molecule has 1 aromatic heterocycles. The number of cyclic esters (lactones) is 1. The second-order valence-electron chi connectivity index (χ2n) is 10.0. The van der Waals surface area contributed by atoms with E-state index >= 15 is 0 Å². The monoisotopic (exact) mass is 489 g/mol. The largest absolute Gasteiger partial charge is 0.457 e. The van der Waals surface area contributed by atoms with Gasteiger partial charge in [0, 0.05) is 23.6 Å². The van der Waals surface area contributed by atoms with Crippen LogP contribution in [-0.4, -0.2) is 45.3 Å². The number of aliphatic hydroxyl groups excluding tert-OH is 2. The Hall–Kier alpha value is -2.09. The number of aryl methyl sites for hydroxylation is 1. The number of esters is 1. The van der Waals surface area contributed by atoms with Crippen molar-refractivity contribution in [2.45, 2.75) is 86.0 Å². The maximum atomic E-state index is 13.1. The fraction of sp³-hybridized carbons (Fsp3) is 0.593. The zero-order valence-corrected chi connectivity index (χ0v) is 22.2. The molecule has 2 heterocycles. The van der Waals surface area contributed by atoms with E-state index in [1.165, 1.54) is 0 Å². The number of allylic oxidation sites excluding steroid dienone is 2. The highest BCUT2D eigenvalue weighted by atomic mass is 32.1. The number of ether oxygens (including phenoxy) is 1. The third-order valence-corrected chi connectivity index (χ3v) is 7.44. The topological polar surface area (TPSA) is 96.7 Å². The molecule has 1 unspecified atom stereocenters. The van der Waals surface area contributed by atoms with Crippen molar-refractivity contribution in [2.24, 2.45) is 17.3 Å². The third-order valence-electron chi connectivity index (χ3n) is 6.65. The van der Waals surface area contributed by atoms with Gasteiger partial charge in [0.2, 0.25) is 0 Å². The molecule has 0 radical (unpaired) electrons. The zero-order valence-electron chi connectivity index (χ0n) is 21.4. The second-order valence-corrected chi connectivity index (χ2v) is 11.1. The van der Waals surface area contributed by atoms with E-state index in [0.29, 0.717) is 12.8 Å². The zero-order chi connectivity index (χ0) is 25.6. The summed E-state index contributed by atoms with van der Waals surface area (Å²) < 4.78 is 5.79. The van der Waals surface area contributed by atoms with Crippen LogP contribution in [0.4, 0.5) is 0 Å². The summed E-state index contributed by atoms with van der Waals surface area (Å²) in [4.78, 5) is 30.4. The molecule has 188 valence electrons. The van der Waals surface area contributed by atoms with E-state index in [9.17, 15) is 19.8 Å². The quantitative estimate of drug-likeness (QED) is 0.446. The highest BCUT2D eigenvalue weighted by molar-refractivity contribution is 7.09. The lowest BCUT2D eigenvalue weighted by molar-refractivity contribution is -0.154. The Bertz CT molecular complexity index is 958. The summed E-state index contributed by atoms with van der Waals surface area (Å²) in [6.07, 6.45) is 6.13. The molecule has 5 atom stereocenters. The van der Waals surface area contributed by atoms with Crippen LogP contribution in [0.1, 0.15) is 71.5 Å². The predicted molar refractivity (Wildman–Crippen MR) is 136 cm³/mol. The van der Waals surface area contributed by atoms with Crippen LogP contribution in [0.15, 0.2) is 34.8 Å². The Morgan fingerprint density at radius 3 is 2.53 bits per heavy atom. The molecule has 0 aliphatic carbocycles. The number of hydrogen-bond acceptors (Lipinski definition) is 7. The van der Waals surface area contributed by atoms with E-state index in [2.05, 4.69) is 4.98 Å². The molecule has 0 fully saturated rings. The molecule has 34 heavy (non-hydrogen) atoms. The van der Waals surface area contributed by atoms with Gasteiger partial charge in [-0.15, -0.1) is 11.3 Å². The number of thiazole rings is 1. The number of aromatic nitrogens is 1. The van der Waals surface area contributed by atoms with Crippen molar-refractivity contribution in [1.29, 1.82) is 0 Å². The molecule has 0 bridgehead atoms. The lowest BCUT2D eigenvalue weighted by atomic mass is 9.73. The first-order chi connectivity index (χ1) is 15.8. The molecule has 0 saturated carbocycles. The average molecular weight is 490 g/mol.